The fraction of sp³-hybridized carbons (Fsp3) is 0.889. The van der Waals surface area contributed by atoms with Gasteiger partial charge >= 0.3 is 0 Å². The molecule has 0 aliphatic rings. The minimum Gasteiger partial charge on any atom is -0.396 e. The third-order valence-electron chi connectivity index (χ3n) is 1.83. The second-order valence-corrected chi connectivity index (χ2v) is 3.68. The maximum Gasteiger partial charge on any atom is 0.217 e. The number of amides is 1. The van der Waals surface area contributed by atoms with E-state index in [0.717, 1.165) is 6.42 Å². The zero-order valence-corrected chi connectivity index (χ0v) is 7.92. The Morgan fingerprint density at radius 1 is 1.50 bits per heavy atom. The zero-order chi connectivity index (χ0) is 9.56. The smallest absolute Gasteiger partial charge is 0.217 e. The Hall–Kier alpha value is -0.570. The number of hydrogen-bond acceptors (Lipinski definition) is 2. The first-order chi connectivity index (χ1) is 5.56. The van der Waals surface area contributed by atoms with Gasteiger partial charge in [0.1, 0.15) is 0 Å². The molecule has 0 radical (unpaired) electrons. The lowest BCUT2D eigenvalue weighted by atomic mass is 9.91. The molecule has 1 atom stereocenters. The number of aliphatic hydroxyl groups excluding tert-OH is 1. The van der Waals surface area contributed by atoms with Crippen molar-refractivity contribution < 1.29 is 9.90 Å². The fourth-order valence-corrected chi connectivity index (χ4v) is 1.44. The monoisotopic (exact) mass is 173 g/mol. The van der Waals surface area contributed by atoms with Crippen LogP contribution in [0.25, 0.3) is 0 Å². The van der Waals surface area contributed by atoms with Crippen molar-refractivity contribution in [2.75, 3.05) is 6.61 Å². The minimum absolute atomic E-state index is 0.144. The number of nitrogens with two attached hydrogens (primary N) is 1. The van der Waals surface area contributed by atoms with Gasteiger partial charge in [-0.15, -0.1) is 0 Å². The van der Waals surface area contributed by atoms with Crippen molar-refractivity contribution in [3.05, 3.63) is 0 Å². The van der Waals surface area contributed by atoms with E-state index in [2.05, 4.69) is 13.8 Å². The molecule has 0 spiro atoms. The van der Waals surface area contributed by atoms with E-state index in [0.29, 0.717) is 18.8 Å². The number of carbonyl (C=O) groups is 1. The van der Waals surface area contributed by atoms with Gasteiger partial charge in [0.2, 0.25) is 5.91 Å². The van der Waals surface area contributed by atoms with Crippen LogP contribution in [0.15, 0.2) is 0 Å². The first kappa shape index (κ1) is 11.4. The molecular formula is C9H19NO2. The number of rotatable bonds is 6. The van der Waals surface area contributed by atoms with Crippen LogP contribution in [0.1, 0.15) is 33.1 Å². The van der Waals surface area contributed by atoms with Gasteiger partial charge in [0, 0.05) is 13.0 Å². The highest BCUT2D eigenvalue weighted by molar-refractivity contribution is 5.73. The van der Waals surface area contributed by atoms with Gasteiger partial charge in [0.15, 0.2) is 0 Å². The van der Waals surface area contributed by atoms with Crippen LogP contribution in [-0.4, -0.2) is 17.6 Å². The number of primary amides is 1. The first-order valence-electron chi connectivity index (χ1n) is 4.45. The predicted molar refractivity (Wildman–Crippen MR) is 48.5 cm³/mol. The molecule has 1 unspecified atom stereocenters. The second-order valence-electron chi connectivity index (χ2n) is 3.68. The summed E-state index contributed by atoms with van der Waals surface area (Å²) >= 11 is 0. The van der Waals surface area contributed by atoms with E-state index in [1.807, 2.05) is 0 Å². The maximum absolute atomic E-state index is 10.6. The van der Waals surface area contributed by atoms with E-state index >= 15 is 0 Å². The lowest BCUT2D eigenvalue weighted by molar-refractivity contribution is -0.119. The number of hydrogen-bond donors (Lipinski definition) is 2. The molecule has 72 valence electrons. The van der Waals surface area contributed by atoms with Gasteiger partial charge < -0.3 is 10.8 Å². The van der Waals surface area contributed by atoms with Gasteiger partial charge in [-0.25, -0.2) is 0 Å². The summed E-state index contributed by atoms with van der Waals surface area (Å²) in [7, 11) is 0. The third-order valence-corrected chi connectivity index (χ3v) is 1.83. The molecule has 1 amide bonds. The van der Waals surface area contributed by atoms with Crippen LogP contribution in [0.2, 0.25) is 0 Å². The van der Waals surface area contributed by atoms with E-state index in [9.17, 15) is 4.79 Å². The first-order valence-corrected chi connectivity index (χ1v) is 4.45. The summed E-state index contributed by atoms with van der Waals surface area (Å²) in [6.45, 7) is 4.35. The van der Waals surface area contributed by atoms with E-state index in [1.54, 1.807) is 0 Å². The molecule has 3 nitrogen and oxygen atoms in total. The van der Waals surface area contributed by atoms with Crippen LogP contribution in [0.3, 0.4) is 0 Å². The van der Waals surface area contributed by atoms with Gasteiger partial charge in [-0.1, -0.05) is 13.8 Å². The van der Waals surface area contributed by atoms with E-state index in [1.165, 1.54) is 0 Å². The molecule has 0 aromatic carbocycles. The molecule has 0 aliphatic carbocycles. The van der Waals surface area contributed by atoms with Crippen molar-refractivity contribution in [2.45, 2.75) is 33.1 Å². The molecule has 0 heterocycles. The summed E-state index contributed by atoms with van der Waals surface area (Å²) < 4.78 is 0. The van der Waals surface area contributed by atoms with Gasteiger partial charge in [-0.05, 0) is 24.7 Å². The molecule has 0 fully saturated rings. The number of carbonyl (C=O) groups excluding carboxylic acids is 1. The average Bonchev–Trinajstić information content (AvgIpc) is 1.84. The average molecular weight is 173 g/mol. The van der Waals surface area contributed by atoms with Crippen LogP contribution >= 0.6 is 0 Å². The SMILES string of the molecule is CC(C)CC(CCO)CC(N)=O. The number of aliphatic hydroxyl groups is 1. The third kappa shape index (κ3) is 6.16. The minimum atomic E-state index is -0.269. The molecule has 0 aromatic rings. The summed E-state index contributed by atoms with van der Waals surface area (Å²) in [4.78, 5) is 10.6. The van der Waals surface area contributed by atoms with Crippen LogP contribution in [0, 0.1) is 11.8 Å². The predicted octanol–water partition coefficient (Wildman–Crippen LogP) is 0.907. The lowest BCUT2D eigenvalue weighted by Gasteiger charge is -2.15. The fourth-order valence-electron chi connectivity index (χ4n) is 1.44. The summed E-state index contributed by atoms with van der Waals surface area (Å²) in [6, 6.07) is 0. The highest BCUT2D eigenvalue weighted by atomic mass is 16.3. The van der Waals surface area contributed by atoms with Crippen molar-refractivity contribution in [2.24, 2.45) is 17.6 Å². The molecule has 0 aliphatic heterocycles. The highest BCUT2D eigenvalue weighted by Crippen LogP contribution is 2.18. The quantitative estimate of drug-likeness (QED) is 0.627. The van der Waals surface area contributed by atoms with Crippen LogP contribution in [-0.2, 0) is 4.79 Å². The molecule has 0 aromatic heterocycles. The van der Waals surface area contributed by atoms with Gasteiger partial charge in [-0.2, -0.15) is 0 Å². The van der Waals surface area contributed by atoms with Crippen molar-refractivity contribution in [3.8, 4) is 0 Å². The van der Waals surface area contributed by atoms with Crippen molar-refractivity contribution in [3.63, 3.8) is 0 Å². The topological polar surface area (TPSA) is 63.3 Å². The standard InChI is InChI=1S/C9H19NO2/c1-7(2)5-8(3-4-11)6-9(10)12/h7-8,11H,3-6H2,1-2H3,(H2,10,12). The molecule has 0 bridgehead atoms. The normalized spacial score (nSPS) is 13.3. The maximum atomic E-state index is 10.6. The largest absolute Gasteiger partial charge is 0.396 e. The lowest BCUT2D eigenvalue weighted by Crippen LogP contribution is -2.18. The summed E-state index contributed by atoms with van der Waals surface area (Å²) in [5, 5.41) is 8.71. The Kier molecular flexibility index (Phi) is 5.72. The Bertz CT molecular complexity index is 134. The molecule has 0 rings (SSSR count). The van der Waals surface area contributed by atoms with E-state index < -0.39 is 0 Å². The van der Waals surface area contributed by atoms with E-state index in [4.69, 9.17) is 10.8 Å². The summed E-state index contributed by atoms with van der Waals surface area (Å²) in [5.41, 5.74) is 5.08. The summed E-state index contributed by atoms with van der Waals surface area (Å²) in [5.74, 6) is 0.544. The molecule has 0 saturated heterocycles. The summed E-state index contributed by atoms with van der Waals surface area (Å²) in [6.07, 6.45) is 2.04. The van der Waals surface area contributed by atoms with Crippen molar-refractivity contribution in [1.82, 2.24) is 0 Å². The van der Waals surface area contributed by atoms with Crippen LogP contribution < -0.4 is 5.73 Å². The van der Waals surface area contributed by atoms with Gasteiger partial charge in [0.25, 0.3) is 0 Å². The van der Waals surface area contributed by atoms with Gasteiger partial charge in [-0.3, -0.25) is 4.79 Å². The Balaban J connectivity index is 3.77. The Morgan fingerprint density at radius 3 is 2.42 bits per heavy atom. The Labute approximate surface area is 74.0 Å². The molecule has 3 N–H and O–H groups in total. The molecular weight excluding hydrogens is 154 g/mol. The highest BCUT2D eigenvalue weighted by Gasteiger charge is 2.12. The van der Waals surface area contributed by atoms with E-state index in [-0.39, 0.29) is 18.4 Å². The van der Waals surface area contributed by atoms with Crippen LogP contribution in [0.5, 0.6) is 0 Å². The van der Waals surface area contributed by atoms with Crippen LogP contribution in [0.4, 0.5) is 0 Å². The van der Waals surface area contributed by atoms with Gasteiger partial charge in [0.05, 0.1) is 0 Å². The molecule has 0 saturated carbocycles. The molecule has 12 heavy (non-hydrogen) atoms. The molecule has 3 heteroatoms. The Morgan fingerprint density at radius 2 is 2.08 bits per heavy atom. The van der Waals surface area contributed by atoms with Crippen molar-refractivity contribution in [1.29, 1.82) is 0 Å². The second kappa shape index (κ2) is 6.00. The zero-order valence-electron chi connectivity index (χ0n) is 7.92. The van der Waals surface area contributed by atoms with Crippen molar-refractivity contribution >= 4 is 5.91 Å².